The number of ether oxygens (including phenoxy) is 1. The molecule has 1 amide bonds. The summed E-state index contributed by atoms with van der Waals surface area (Å²) in [5.74, 6) is 0. The standard InChI is InChI=1S/C23H45NO2/c1-5-6-7-8-9-10-11-12-13-14-15-18-21-19-16-17-20-24(21)22(25)26-23(2,3)4/h21H,5-20H2,1-4H3/t21-/m1/s1. The lowest BCUT2D eigenvalue weighted by Gasteiger charge is -2.37. The maximum Gasteiger partial charge on any atom is 0.410 e. The van der Waals surface area contributed by atoms with Crippen LogP contribution in [0.15, 0.2) is 0 Å². The number of hydrogen-bond donors (Lipinski definition) is 0. The molecule has 0 radical (unpaired) electrons. The third-order valence-corrected chi connectivity index (χ3v) is 5.40. The second-order valence-electron chi connectivity index (χ2n) is 9.15. The molecule has 3 nitrogen and oxygen atoms in total. The predicted octanol–water partition coefficient (Wildman–Crippen LogP) is 7.48. The molecule has 0 spiro atoms. The molecule has 0 aromatic heterocycles. The molecule has 26 heavy (non-hydrogen) atoms. The van der Waals surface area contributed by atoms with Crippen LogP contribution in [-0.2, 0) is 4.74 Å². The van der Waals surface area contributed by atoms with Crippen molar-refractivity contribution in [3.63, 3.8) is 0 Å². The number of rotatable bonds is 12. The molecule has 0 saturated carbocycles. The van der Waals surface area contributed by atoms with Gasteiger partial charge in [-0.15, -0.1) is 0 Å². The normalized spacial score (nSPS) is 18.2. The molecule has 0 aromatic carbocycles. The summed E-state index contributed by atoms with van der Waals surface area (Å²) >= 11 is 0. The van der Waals surface area contributed by atoms with Crippen molar-refractivity contribution in [1.82, 2.24) is 4.90 Å². The van der Waals surface area contributed by atoms with Crippen LogP contribution in [0.25, 0.3) is 0 Å². The van der Waals surface area contributed by atoms with Crippen molar-refractivity contribution in [3.05, 3.63) is 0 Å². The van der Waals surface area contributed by atoms with Crippen LogP contribution in [0.4, 0.5) is 4.79 Å². The molecular weight excluding hydrogens is 322 g/mol. The van der Waals surface area contributed by atoms with Crippen molar-refractivity contribution in [2.24, 2.45) is 0 Å². The zero-order valence-electron chi connectivity index (χ0n) is 18.2. The van der Waals surface area contributed by atoms with E-state index in [1.54, 1.807) is 0 Å². The first kappa shape index (κ1) is 23.3. The zero-order valence-corrected chi connectivity index (χ0v) is 18.2. The number of carbonyl (C=O) groups excluding carboxylic acids is 1. The number of likely N-dealkylation sites (tertiary alicyclic amines) is 1. The van der Waals surface area contributed by atoms with Gasteiger partial charge in [0.1, 0.15) is 5.60 Å². The molecule has 1 rings (SSSR count). The summed E-state index contributed by atoms with van der Waals surface area (Å²) < 4.78 is 5.60. The van der Waals surface area contributed by atoms with Gasteiger partial charge in [0.15, 0.2) is 0 Å². The Morgan fingerprint density at radius 3 is 1.96 bits per heavy atom. The Kier molecular flexibility index (Phi) is 12.0. The first-order valence-electron chi connectivity index (χ1n) is 11.4. The first-order chi connectivity index (χ1) is 12.4. The number of nitrogens with zero attached hydrogens (tertiary/aromatic N) is 1. The summed E-state index contributed by atoms with van der Waals surface area (Å²) in [6, 6.07) is 0.400. The highest BCUT2D eigenvalue weighted by atomic mass is 16.6. The number of unbranched alkanes of at least 4 members (excludes halogenated alkanes) is 10. The molecule has 1 saturated heterocycles. The minimum Gasteiger partial charge on any atom is -0.444 e. The molecule has 0 aliphatic carbocycles. The van der Waals surface area contributed by atoms with Gasteiger partial charge < -0.3 is 9.64 Å². The van der Waals surface area contributed by atoms with Crippen LogP contribution in [0.5, 0.6) is 0 Å². The van der Waals surface area contributed by atoms with Gasteiger partial charge in [-0.3, -0.25) is 0 Å². The molecule has 1 aliphatic heterocycles. The number of amides is 1. The molecule has 3 heteroatoms. The largest absolute Gasteiger partial charge is 0.444 e. The molecule has 1 atom stereocenters. The van der Waals surface area contributed by atoms with E-state index in [4.69, 9.17) is 4.74 Å². The molecule has 1 aliphatic rings. The fourth-order valence-corrected chi connectivity index (χ4v) is 3.91. The fourth-order valence-electron chi connectivity index (χ4n) is 3.91. The van der Waals surface area contributed by atoms with Gasteiger partial charge in [-0.1, -0.05) is 77.6 Å². The van der Waals surface area contributed by atoms with Gasteiger partial charge in [-0.05, 0) is 46.5 Å². The minimum atomic E-state index is -0.393. The lowest BCUT2D eigenvalue weighted by Crippen LogP contribution is -2.46. The molecular formula is C23H45NO2. The highest BCUT2D eigenvalue weighted by Gasteiger charge is 2.29. The topological polar surface area (TPSA) is 29.5 Å². The van der Waals surface area contributed by atoms with Crippen molar-refractivity contribution in [1.29, 1.82) is 0 Å². The molecule has 1 heterocycles. The van der Waals surface area contributed by atoms with Gasteiger partial charge in [0.2, 0.25) is 0 Å². The van der Waals surface area contributed by atoms with Crippen LogP contribution < -0.4 is 0 Å². The molecule has 1 fully saturated rings. The average molecular weight is 368 g/mol. The Balaban J connectivity index is 2.10. The summed E-state index contributed by atoms with van der Waals surface area (Å²) in [5.41, 5.74) is -0.393. The molecule has 0 bridgehead atoms. The van der Waals surface area contributed by atoms with Crippen LogP contribution in [0.3, 0.4) is 0 Å². The Morgan fingerprint density at radius 1 is 0.885 bits per heavy atom. The van der Waals surface area contributed by atoms with E-state index < -0.39 is 5.60 Å². The third-order valence-electron chi connectivity index (χ3n) is 5.40. The van der Waals surface area contributed by atoms with E-state index in [-0.39, 0.29) is 6.09 Å². The van der Waals surface area contributed by atoms with E-state index in [1.165, 1.54) is 77.0 Å². The van der Waals surface area contributed by atoms with Crippen LogP contribution in [0.1, 0.15) is 124 Å². The maximum atomic E-state index is 12.4. The SMILES string of the molecule is CCCCCCCCCCCCC[C@@H]1CCCCN1C(=O)OC(C)(C)C. The van der Waals surface area contributed by atoms with E-state index in [9.17, 15) is 4.79 Å². The third kappa shape index (κ3) is 11.1. The van der Waals surface area contributed by atoms with Crippen molar-refractivity contribution >= 4 is 6.09 Å². The van der Waals surface area contributed by atoms with Gasteiger partial charge in [0, 0.05) is 12.6 Å². The van der Waals surface area contributed by atoms with Crippen molar-refractivity contribution in [3.8, 4) is 0 Å². The van der Waals surface area contributed by atoms with Crippen LogP contribution in [0.2, 0.25) is 0 Å². The van der Waals surface area contributed by atoms with E-state index in [0.717, 1.165) is 25.8 Å². The van der Waals surface area contributed by atoms with Crippen LogP contribution in [-0.4, -0.2) is 29.2 Å². The number of piperidine rings is 1. The van der Waals surface area contributed by atoms with Gasteiger partial charge in [-0.2, -0.15) is 0 Å². The smallest absolute Gasteiger partial charge is 0.410 e. The summed E-state index contributed by atoms with van der Waals surface area (Å²) in [6.45, 7) is 9.01. The highest BCUT2D eigenvalue weighted by molar-refractivity contribution is 5.68. The second kappa shape index (κ2) is 13.4. The number of carbonyl (C=O) groups is 1. The molecule has 0 N–H and O–H groups in total. The van der Waals surface area contributed by atoms with Crippen molar-refractivity contribution < 1.29 is 9.53 Å². The van der Waals surface area contributed by atoms with Gasteiger partial charge in [0.05, 0.1) is 0 Å². The first-order valence-corrected chi connectivity index (χ1v) is 11.4. The monoisotopic (exact) mass is 367 g/mol. The Labute approximate surface area is 163 Å². The summed E-state index contributed by atoms with van der Waals surface area (Å²) in [6.07, 6.45) is 19.7. The zero-order chi connectivity index (χ0) is 19.3. The lowest BCUT2D eigenvalue weighted by molar-refractivity contribution is 0.00858. The van der Waals surface area contributed by atoms with Crippen LogP contribution >= 0.6 is 0 Å². The Hall–Kier alpha value is -0.730. The van der Waals surface area contributed by atoms with Crippen molar-refractivity contribution in [2.45, 2.75) is 136 Å². The molecule has 154 valence electrons. The summed E-state index contributed by atoms with van der Waals surface area (Å²) in [4.78, 5) is 14.4. The Bertz CT molecular complexity index is 362. The average Bonchev–Trinajstić information content (AvgIpc) is 2.58. The van der Waals surface area contributed by atoms with E-state index >= 15 is 0 Å². The number of hydrogen-bond acceptors (Lipinski definition) is 2. The summed E-state index contributed by atoms with van der Waals surface area (Å²) in [7, 11) is 0. The van der Waals surface area contributed by atoms with Crippen LogP contribution in [0, 0.1) is 0 Å². The maximum absolute atomic E-state index is 12.4. The molecule has 0 aromatic rings. The quantitative estimate of drug-likeness (QED) is 0.335. The fraction of sp³-hybridized carbons (Fsp3) is 0.957. The Morgan fingerprint density at radius 2 is 1.42 bits per heavy atom. The lowest BCUT2D eigenvalue weighted by atomic mass is 9.96. The molecule has 0 unspecified atom stereocenters. The predicted molar refractivity (Wildman–Crippen MR) is 112 cm³/mol. The van der Waals surface area contributed by atoms with Gasteiger partial charge >= 0.3 is 6.09 Å². The van der Waals surface area contributed by atoms with E-state index in [2.05, 4.69) is 6.92 Å². The second-order valence-corrected chi connectivity index (χ2v) is 9.15. The van der Waals surface area contributed by atoms with E-state index in [1.807, 2.05) is 25.7 Å². The van der Waals surface area contributed by atoms with Crippen molar-refractivity contribution in [2.75, 3.05) is 6.54 Å². The van der Waals surface area contributed by atoms with Gasteiger partial charge in [-0.25, -0.2) is 4.79 Å². The van der Waals surface area contributed by atoms with E-state index in [0.29, 0.717) is 6.04 Å². The highest BCUT2D eigenvalue weighted by Crippen LogP contribution is 2.24. The van der Waals surface area contributed by atoms with Gasteiger partial charge in [0.25, 0.3) is 0 Å². The summed E-state index contributed by atoms with van der Waals surface area (Å²) in [5, 5.41) is 0. The minimum absolute atomic E-state index is 0.106.